The molecule has 3 rings (SSSR count). The van der Waals surface area contributed by atoms with Crippen LogP contribution in [0.25, 0.3) is 6.08 Å². The van der Waals surface area contributed by atoms with Crippen molar-refractivity contribution in [2.45, 2.75) is 90.5 Å². The largest absolute Gasteiger partial charge is 0.458 e. The zero-order chi connectivity index (χ0) is 25.6. The molecule has 2 aliphatic rings. The summed E-state index contributed by atoms with van der Waals surface area (Å²) in [7, 11) is 2.29. The Bertz CT molecular complexity index is 924. The molecule has 7 heteroatoms. The zero-order valence-electron chi connectivity index (χ0n) is 21.9. The minimum atomic E-state index is -0.816. The summed E-state index contributed by atoms with van der Waals surface area (Å²) >= 11 is 0. The number of unbranched alkanes of at least 4 members (excludes halogenated alkanes) is 1. The number of aliphatic hydroxyl groups excluding tert-OH is 1. The number of hydrogen-bond acceptors (Lipinski definition) is 6. The van der Waals surface area contributed by atoms with E-state index in [0.29, 0.717) is 20.8 Å². The van der Waals surface area contributed by atoms with Crippen molar-refractivity contribution in [1.29, 1.82) is 0 Å². The number of carbonyl (C=O) groups excluding carboxylic acids is 1. The minimum absolute atomic E-state index is 0.0725. The molecule has 2 heterocycles. The maximum Gasteiger partial charge on any atom is 0.339 e. The lowest BCUT2D eigenvalue weighted by Gasteiger charge is -2.22. The van der Waals surface area contributed by atoms with Crippen LogP contribution in [0.5, 0.6) is 0 Å². The molecule has 1 aromatic rings. The first-order valence-electron chi connectivity index (χ1n) is 12.6. The lowest BCUT2D eigenvalue weighted by atomic mass is 9.94. The molecule has 194 valence electrons. The summed E-state index contributed by atoms with van der Waals surface area (Å²) in [6, 6.07) is 4.20. The lowest BCUT2D eigenvalue weighted by Crippen LogP contribution is -2.34. The van der Waals surface area contributed by atoms with E-state index in [1.54, 1.807) is 13.2 Å². The molecule has 0 spiro atoms. The standard InChI is InChI=1S/C28H41O6P/c1-18-13-14-23(29)26-24(33-28(4,5)34-26)12-9-11-22-17-21(10-7-8-15-35-31-6)16-19(2)25(22)27(30)32-20(18)3/h9,11,13-14,16-18,20,23-24,26,29,35H,7-8,10,12,15H2,1-6H3/b11-9?,14-13-/t18-,20+,23?,24+,26-/m1/s1. The smallest absolute Gasteiger partial charge is 0.339 e. The van der Waals surface area contributed by atoms with Gasteiger partial charge in [0.1, 0.15) is 18.3 Å². The Hall–Kier alpha value is -1.56. The van der Waals surface area contributed by atoms with E-state index < -0.39 is 18.0 Å². The molecule has 0 aliphatic carbocycles. The van der Waals surface area contributed by atoms with Crippen molar-refractivity contribution in [2.24, 2.45) is 5.92 Å². The Morgan fingerprint density at radius 2 is 1.94 bits per heavy atom. The fourth-order valence-electron chi connectivity index (χ4n) is 4.63. The van der Waals surface area contributed by atoms with E-state index >= 15 is 0 Å². The summed E-state index contributed by atoms with van der Waals surface area (Å²) in [6.45, 7) is 9.56. The van der Waals surface area contributed by atoms with E-state index in [4.69, 9.17) is 18.7 Å². The molecule has 2 unspecified atom stereocenters. The number of cyclic esters (lactones) is 1. The summed E-state index contributed by atoms with van der Waals surface area (Å²) < 4.78 is 23.2. The van der Waals surface area contributed by atoms with Crippen LogP contribution >= 0.6 is 8.81 Å². The molecule has 0 bridgehead atoms. The number of hydrogen-bond donors (Lipinski definition) is 1. The average Bonchev–Trinajstić information content (AvgIpc) is 3.10. The van der Waals surface area contributed by atoms with Crippen LogP contribution in [-0.2, 0) is 25.2 Å². The van der Waals surface area contributed by atoms with Crippen LogP contribution in [0.15, 0.2) is 30.4 Å². The summed E-state index contributed by atoms with van der Waals surface area (Å²) in [5, 5.41) is 10.8. The molecule has 1 aromatic carbocycles. The molecule has 2 aliphatic heterocycles. The first kappa shape index (κ1) is 28.0. The van der Waals surface area contributed by atoms with E-state index in [9.17, 15) is 9.90 Å². The van der Waals surface area contributed by atoms with Crippen molar-refractivity contribution in [3.8, 4) is 0 Å². The van der Waals surface area contributed by atoms with Crippen LogP contribution in [0.4, 0.5) is 0 Å². The Kier molecular flexibility index (Phi) is 10.1. The predicted molar refractivity (Wildman–Crippen MR) is 141 cm³/mol. The number of carbonyl (C=O) groups is 1. The number of rotatable bonds is 6. The molecule has 0 aromatic heterocycles. The number of aryl methyl sites for hydroxylation is 2. The Balaban J connectivity index is 1.92. The molecular weight excluding hydrogens is 463 g/mol. The van der Waals surface area contributed by atoms with Gasteiger partial charge in [-0.2, -0.15) is 0 Å². The highest BCUT2D eigenvalue weighted by atomic mass is 31.1. The van der Waals surface area contributed by atoms with Crippen LogP contribution in [0.1, 0.15) is 74.0 Å². The predicted octanol–water partition coefficient (Wildman–Crippen LogP) is 5.59. The molecule has 0 saturated carbocycles. The van der Waals surface area contributed by atoms with Crippen molar-refractivity contribution in [1.82, 2.24) is 0 Å². The number of aliphatic hydroxyl groups is 1. The summed E-state index contributed by atoms with van der Waals surface area (Å²) in [5.74, 6) is -1.16. The number of ether oxygens (including phenoxy) is 3. The molecular formula is C28H41O6P. The van der Waals surface area contributed by atoms with Crippen LogP contribution in [-0.4, -0.2) is 54.6 Å². The van der Waals surface area contributed by atoms with E-state index in [2.05, 4.69) is 12.1 Å². The molecule has 1 saturated heterocycles. The molecule has 6 atom stereocenters. The van der Waals surface area contributed by atoms with Crippen molar-refractivity contribution in [3.63, 3.8) is 0 Å². The van der Waals surface area contributed by atoms with Crippen LogP contribution in [0, 0.1) is 12.8 Å². The number of fused-ring (bicyclic) bond motifs is 2. The van der Waals surface area contributed by atoms with Gasteiger partial charge in [0.2, 0.25) is 0 Å². The maximum atomic E-state index is 13.2. The summed E-state index contributed by atoms with van der Waals surface area (Å²) in [4.78, 5) is 13.2. The second kappa shape index (κ2) is 12.6. The highest BCUT2D eigenvalue weighted by Crippen LogP contribution is 2.33. The normalized spacial score (nSPS) is 30.0. The fourth-order valence-corrected chi connectivity index (χ4v) is 5.23. The topological polar surface area (TPSA) is 74.2 Å². The highest BCUT2D eigenvalue weighted by Gasteiger charge is 2.43. The first-order valence-corrected chi connectivity index (χ1v) is 13.7. The third-order valence-corrected chi connectivity index (χ3v) is 7.48. The molecule has 6 nitrogen and oxygen atoms in total. The van der Waals surface area contributed by atoms with Gasteiger partial charge in [-0.05, 0) is 76.2 Å². The Morgan fingerprint density at radius 1 is 1.17 bits per heavy atom. The van der Waals surface area contributed by atoms with Crippen molar-refractivity contribution in [3.05, 3.63) is 52.6 Å². The van der Waals surface area contributed by atoms with E-state index in [-0.39, 0.29) is 24.1 Å². The fraction of sp³-hybridized carbons (Fsp3) is 0.607. The average molecular weight is 505 g/mol. The number of esters is 1. The van der Waals surface area contributed by atoms with Crippen molar-refractivity contribution < 1.29 is 28.6 Å². The number of benzene rings is 1. The zero-order valence-corrected chi connectivity index (χ0v) is 22.9. The molecule has 0 radical (unpaired) electrons. The van der Waals surface area contributed by atoms with E-state index in [0.717, 1.165) is 36.6 Å². The van der Waals surface area contributed by atoms with Gasteiger partial charge < -0.3 is 23.8 Å². The van der Waals surface area contributed by atoms with Crippen LogP contribution in [0.2, 0.25) is 0 Å². The second-order valence-corrected chi connectivity index (χ2v) is 11.3. The van der Waals surface area contributed by atoms with Gasteiger partial charge in [-0.1, -0.05) is 43.4 Å². The SMILES string of the molecule is COPCCCCc1cc(C)c2c(c1)C=CC[C@@H]1OC(C)(C)O[C@@H]1C(O)/C=C\[C@@H](C)[C@H](C)OC2=O. The van der Waals surface area contributed by atoms with Crippen molar-refractivity contribution >= 4 is 20.9 Å². The molecule has 1 N–H and O–H groups in total. The van der Waals surface area contributed by atoms with Gasteiger partial charge in [0, 0.05) is 21.8 Å². The first-order chi connectivity index (χ1) is 16.6. The van der Waals surface area contributed by atoms with Gasteiger partial charge in [-0.25, -0.2) is 4.79 Å². The third-order valence-electron chi connectivity index (χ3n) is 6.64. The van der Waals surface area contributed by atoms with Gasteiger partial charge in [0.25, 0.3) is 0 Å². The third kappa shape index (κ3) is 7.71. The monoisotopic (exact) mass is 504 g/mol. The van der Waals surface area contributed by atoms with Gasteiger partial charge in [-0.3, -0.25) is 0 Å². The maximum absolute atomic E-state index is 13.2. The van der Waals surface area contributed by atoms with Crippen molar-refractivity contribution in [2.75, 3.05) is 13.3 Å². The van der Waals surface area contributed by atoms with Crippen LogP contribution < -0.4 is 0 Å². The highest BCUT2D eigenvalue weighted by molar-refractivity contribution is 7.32. The van der Waals surface area contributed by atoms with Gasteiger partial charge in [-0.15, -0.1) is 0 Å². The quantitative estimate of drug-likeness (QED) is 0.236. The molecule has 1 fully saturated rings. The Morgan fingerprint density at radius 3 is 2.69 bits per heavy atom. The summed E-state index contributed by atoms with van der Waals surface area (Å²) in [5.41, 5.74) is 3.58. The van der Waals surface area contributed by atoms with Gasteiger partial charge >= 0.3 is 5.97 Å². The lowest BCUT2D eigenvalue weighted by molar-refractivity contribution is -0.152. The van der Waals surface area contributed by atoms with E-state index in [1.807, 2.05) is 52.8 Å². The molecule has 0 amide bonds. The molecule has 35 heavy (non-hydrogen) atoms. The van der Waals surface area contributed by atoms with Gasteiger partial charge in [0.05, 0.1) is 11.7 Å². The summed E-state index contributed by atoms with van der Waals surface area (Å²) in [6.07, 6.45) is 10.4. The van der Waals surface area contributed by atoms with Crippen LogP contribution in [0.3, 0.4) is 0 Å². The van der Waals surface area contributed by atoms with E-state index in [1.165, 1.54) is 5.56 Å². The minimum Gasteiger partial charge on any atom is -0.458 e. The van der Waals surface area contributed by atoms with Gasteiger partial charge in [0.15, 0.2) is 5.79 Å². The second-order valence-electron chi connectivity index (χ2n) is 10.1. The Labute approximate surface area is 211 Å².